The van der Waals surface area contributed by atoms with E-state index in [1.807, 2.05) is 0 Å². The van der Waals surface area contributed by atoms with Crippen molar-refractivity contribution in [2.24, 2.45) is 0 Å². The molecule has 0 unspecified atom stereocenters. The van der Waals surface area contributed by atoms with E-state index in [4.69, 9.17) is 5.11 Å². The summed E-state index contributed by atoms with van der Waals surface area (Å²) in [5.41, 5.74) is -0.258. The van der Waals surface area contributed by atoms with Gasteiger partial charge in [0.15, 0.2) is 0 Å². The lowest BCUT2D eigenvalue weighted by molar-refractivity contribution is 0.0689. The maximum absolute atomic E-state index is 11.3. The number of nitrogens with zero attached hydrogens (tertiary/aromatic N) is 1. The maximum atomic E-state index is 11.3. The lowest BCUT2D eigenvalue weighted by Gasteiger charge is -2.02. The average molecular weight is 281 g/mol. The molecule has 0 aromatic carbocycles. The molecule has 1 amide bonds. The first kappa shape index (κ1) is 15.3. The Hall–Kier alpha value is -1.67. The van der Waals surface area contributed by atoms with Crippen LogP contribution in [0.4, 0.5) is 0 Å². The van der Waals surface area contributed by atoms with E-state index in [9.17, 15) is 18.0 Å². The summed E-state index contributed by atoms with van der Waals surface area (Å²) in [6.07, 6.45) is 1.83. The minimum absolute atomic E-state index is 0. The van der Waals surface area contributed by atoms with Gasteiger partial charge in [0.1, 0.15) is 5.69 Å². The second-order valence-corrected chi connectivity index (χ2v) is 4.69. The number of halogens is 1. The van der Waals surface area contributed by atoms with Crippen molar-refractivity contribution in [2.45, 2.75) is 0 Å². The summed E-state index contributed by atoms with van der Waals surface area (Å²) in [5.74, 6) is -2.08. The Balaban J connectivity index is 0.00000256. The average Bonchev–Trinajstić information content (AvgIpc) is 2.15. The molecule has 0 aliphatic carbocycles. The van der Waals surface area contributed by atoms with E-state index in [2.05, 4.69) is 4.98 Å². The Morgan fingerprint density at radius 2 is 1.94 bits per heavy atom. The Labute approximate surface area is 103 Å². The van der Waals surface area contributed by atoms with Crippen LogP contribution < -0.4 is 4.72 Å². The van der Waals surface area contributed by atoms with Gasteiger partial charge in [0.2, 0.25) is 10.0 Å². The highest BCUT2D eigenvalue weighted by molar-refractivity contribution is 7.89. The molecule has 7 nitrogen and oxygen atoms in total. The van der Waals surface area contributed by atoms with Gasteiger partial charge in [0.05, 0.1) is 11.8 Å². The molecule has 1 heterocycles. The molecular weight excluding hydrogens is 272 g/mol. The molecule has 0 saturated heterocycles. The highest BCUT2D eigenvalue weighted by Crippen LogP contribution is 2.00. The van der Waals surface area contributed by atoms with Gasteiger partial charge >= 0.3 is 5.97 Å². The highest BCUT2D eigenvalue weighted by Gasteiger charge is 2.12. The number of pyridine rings is 1. The molecule has 0 aliphatic heterocycles. The molecule has 94 valence electrons. The zero-order chi connectivity index (χ0) is 12.3. The lowest BCUT2D eigenvalue weighted by Crippen LogP contribution is -2.29. The van der Waals surface area contributed by atoms with E-state index in [-0.39, 0.29) is 23.7 Å². The van der Waals surface area contributed by atoms with Gasteiger partial charge in [-0.2, -0.15) is 0 Å². The fourth-order valence-electron chi connectivity index (χ4n) is 0.882. The number of sulfonamides is 1. The third-order valence-corrected chi connectivity index (χ3v) is 2.08. The summed E-state index contributed by atoms with van der Waals surface area (Å²) in [5, 5.41) is 8.54. The SMILES string of the molecule is CS(=O)(=O)NC(=O)c1ccc(C(=O)O)nc1.Cl. The molecule has 0 bridgehead atoms. The number of aromatic carboxylic acids is 1. The van der Waals surface area contributed by atoms with Crippen LogP contribution in [0.1, 0.15) is 20.8 Å². The summed E-state index contributed by atoms with van der Waals surface area (Å²) in [6, 6.07) is 2.29. The van der Waals surface area contributed by atoms with Crippen molar-refractivity contribution in [3.63, 3.8) is 0 Å². The van der Waals surface area contributed by atoms with Crippen molar-refractivity contribution in [1.82, 2.24) is 9.71 Å². The van der Waals surface area contributed by atoms with Crippen LogP contribution in [0.2, 0.25) is 0 Å². The van der Waals surface area contributed by atoms with Gasteiger partial charge in [0, 0.05) is 6.20 Å². The van der Waals surface area contributed by atoms with Crippen LogP contribution in [0.3, 0.4) is 0 Å². The van der Waals surface area contributed by atoms with Crippen molar-refractivity contribution < 1.29 is 23.1 Å². The Kier molecular flexibility index (Phi) is 5.05. The highest BCUT2D eigenvalue weighted by atomic mass is 35.5. The lowest BCUT2D eigenvalue weighted by atomic mass is 10.2. The van der Waals surface area contributed by atoms with Gasteiger partial charge in [-0.05, 0) is 12.1 Å². The summed E-state index contributed by atoms with van der Waals surface area (Å²) in [6.45, 7) is 0. The standard InChI is InChI=1S/C8H8N2O5S.ClH/c1-16(14,15)10-7(11)5-2-3-6(8(12)13)9-4-5;/h2-4H,1H3,(H,10,11)(H,12,13);1H. The third kappa shape index (κ3) is 4.79. The molecule has 2 N–H and O–H groups in total. The predicted molar refractivity (Wildman–Crippen MR) is 60.8 cm³/mol. The molecular formula is C8H9ClN2O5S. The van der Waals surface area contributed by atoms with Gasteiger partial charge in [-0.1, -0.05) is 0 Å². The molecule has 0 atom stereocenters. The predicted octanol–water partition coefficient (Wildman–Crippen LogP) is -0.109. The largest absolute Gasteiger partial charge is 0.477 e. The quantitative estimate of drug-likeness (QED) is 0.799. The van der Waals surface area contributed by atoms with Crippen LogP contribution in [0.25, 0.3) is 0 Å². The first-order valence-corrected chi connectivity index (χ1v) is 5.90. The molecule has 0 fully saturated rings. The van der Waals surface area contributed by atoms with Gasteiger partial charge < -0.3 is 5.11 Å². The van der Waals surface area contributed by atoms with E-state index < -0.39 is 21.9 Å². The monoisotopic (exact) mass is 280 g/mol. The zero-order valence-electron chi connectivity index (χ0n) is 8.58. The topological polar surface area (TPSA) is 113 Å². The number of carboxylic acids is 1. The van der Waals surface area contributed by atoms with Gasteiger partial charge in [-0.3, -0.25) is 4.79 Å². The first-order valence-electron chi connectivity index (χ1n) is 4.01. The van der Waals surface area contributed by atoms with Crippen molar-refractivity contribution in [1.29, 1.82) is 0 Å². The van der Waals surface area contributed by atoms with Gasteiger partial charge in [0.25, 0.3) is 5.91 Å². The molecule has 0 aliphatic rings. The van der Waals surface area contributed by atoms with Crippen LogP contribution in [0, 0.1) is 0 Å². The number of rotatable bonds is 3. The number of carbonyl (C=O) groups is 2. The second-order valence-electron chi connectivity index (χ2n) is 2.94. The van der Waals surface area contributed by atoms with Crippen LogP contribution in [0.5, 0.6) is 0 Å². The molecule has 1 rings (SSSR count). The number of hydrogen-bond acceptors (Lipinski definition) is 5. The van der Waals surface area contributed by atoms with Gasteiger partial charge in [-0.25, -0.2) is 22.9 Å². The minimum Gasteiger partial charge on any atom is -0.477 e. The van der Waals surface area contributed by atoms with E-state index in [0.717, 1.165) is 18.5 Å². The van der Waals surface area contributed by atoms with Crippen LogP contribution >= 0.6 is 12.4 Å². The normalized spacial score (nSPS) is 10.2. The van der Waals surface area contributed by atoms with Crippen molar-refractivity contribution in [3.05, 3.63) is 29.6 Å². The fraction of sp³-hybridized carbons (Fsp3) is 0.125. The number of carbonyl (C=O) groups excluding carboxylic acids is 1. The maximum Gasteiger partial charge on any atom is 0.354 e. The minimum atomic E-state index is -3.64. The van der Waals surface area contributed by atoms with Gasteiger partial charge in [-0.15, -0.1) is 12.4 Å². The summed E-state index contributed by atoms with van der Waals surface area (Å²) in [4.78, 5) is 25.2. The number of amides is 1. The third-order valence-electron chi connectivity index (χ3n) is 1.52. The van der Waals surface area contributed by atoms with Crippen molar-refractivity contribution in [3.8, 4) is 0 Å². The number of hydrogen-bond donors (Lipinski definition) is 2. The fourth-order valence-corrected chi connectivity index (χ4v) is 1.34. The molecule has 0 spiro atoms. The summed E-state index contributed by atoms with van der Waals surface area (Å²) < 4.78 is 23.2. The van der Waals surface area contributed by atoms with Crippen molar-refractivity contribution in [2.75, 3.05) is 6.26 Å². The molecule has 1 aromatic heterocycles. The van der Waals surface area contributed by atoms with E-state index >= 15 is 0 Å². The number of nitrogens with one attached hydrogen (secondary N) is 1. The van der Waals surface area contributed by atoms with Crippen molar-refractivity contribution >= 4 is 34.3 Å². The molecule has 9 heteroatoms. The second kappa shape index (κ2) is 5.60. The zero-order valence-corrected chi connectivity index (χ0v) is 10.2. The van der Waals surface area contributed by atoms with E-state index in [1.165, 1.54) is 6.07 Å². The first-order chi connectivity index (χ1) is 7.29. The Bertz CT molecular complexity index is 525. The Morgan fingerprint density at radius 3 is 2.29 bits per heavy atom. The number of carboxylic acid groups (broad SMARTS) is 1. The smallest absolute Gasteiger partial charge is 0.354 e. The molecule has 0 saturated carbocycles. The summed E-state index contributed by atoms with van der Waals surface area (Å²) in [7, 11) is -3.64. The van der Waals surface area contributed by atoms with Crippen LogP contribution in [-0.4, -0.2) is 36.6 Å². The number of aromatic nitrogens is 1. The van der Waals surface area contributed by atoms with E-state index in [0.29, 0.717) is 0 Å². The molecule has 1 aromatic rings. The molecule has 17 heavy (non-hydrogen) atoms. The molecule has 0 radical (unpaired) electrons. The van der Waals surface area contributed by atoms with Crippen LogP contribution in [0.15, 0.2) is 18.3 Å². The summed E-state index contributed by atoms with van der Waals surface area (Å²) >= 11 is 0. The van der Waals surface area contributed by atoms with Crippen LogP contribution in [-0.2, 0) is 10.0 Å². The van der Waals surface area contributed by atoms with E-state index in [1.54, 1.807) is 4.72 Å². The Morgan fingerprint density at radius 1 is 1.35 bits per heavy atom.